The Balaban J connectivity index is 2.18. The summed E-state index contributed by atoms with van der Waals surface area (Å²) in [6, 6.07) is 12.5. The van der Waals surface area contributed by atoms with Crippen molar-refractivity contribution < 1.29 is 9.52 Å². The number of nitrogens with zero attached hydrogens (tertiary/aromatic N) is 1. The summed E-state index contributed by atoms with van der Waals surface area (Å²) < 4.78 is 6.59. The van der Waals surface area contributed by atoms with E-state index in [1.807, 2.05) is 24.3 Å². The lowest BCUT2D eigenvalue weighted by molar-refractivity contribution is 0.475. The van der Waals surface area contributed by atoms with Crippen LogP contribution in [0.4, 0.5) is 0 Å². The van der Waals surface area contributed by atoms with Crippen molar-refractivity contribution >= 4 is 27.0 Å². The summed E-state index contributed by atoms with van der Waals surface area (Å²) in [6.45, 7) is 0. The van der Waals surface area contributed by atoms with Gasteiger partial charge < -0.3 is 9.52 Å². The molecule has 3 rings (SSSR count). The van der Waals surface area contributed by atoms with Gasteiger partial charge in [0.25, 0.3) is 0 Å². The minimum absolute atomic E-state index is 0.200. The zero-order chi connectivity index (χ0) is 11.8. The first-order valence-electron chi connectivity index (χ1n) is 5.08. The van der Waals surface area contributed by atoms with Crippen LogP contribution in [0, 0.1) is 0 Å². The molecule has 0 radical (unpaired) electrons. The number of hydrogen-bond acceptors (Lipinski definition) is 3. The summed E-state index contributed by atoms with van der Waals surface area (Å²) in [5, 5.41) is 9.42. The predicted molar refractivity (Wildman–Crippen MR) is 68.8 cm³/mol. The Morgan fingerprint density at radius 2 is 2.00 bits per heavy atom. The first kappa shape index (κ1) is 10.4. The Morgan fingerprint density at radius 3 is 2.82 bits per heavy atom. The quantitative estimate of drug-likeness (QED) is 0.737. The van der Waals surface area contributed by atoms with Crippen LogP contribution < -0.4 is 0 Å². The summed E-state index contributed by atoms with van der Waals surface area (Å²) in [6.07, 6.45) is 0. The Bertz CT molecular complexity index is 691. The fraction of sp³-hybridized carbons (Fsp3) is 0. The molecule has 0 saturated carbocycles. The van der Waals surface area contributed by atoms with Crippen molar-refractivity contribution in [1.82, 2.24) is 4.98 Å². The van der Waals surface area contributed by atoms with Crippen LogP contribution in [0.5, 0.6) is 5.75 Å². The number of oxazole rings is 1. The lowest BCUT2D eigenvalue weighted by atomic mass is 10.2. The van der Waals surface area contributed by atoms with Crippen molar-refractivity contribution in [2.24, 2.45) is 0 Å². The predicted octanol–water partition coefficient (Wildman–Crippen LogP) is 3.96. The van der Waals surface area contributed by atoms with Crippen LogP contribution in [0.15, 0.2) is 51.4 Å². The number of fused-ring (bicyclic) bond motifs is 1. The van der Waals surface area contributed by atoms with Crippen LogP contribution >= 0.6 is 15.9 Å². The second-order valence-corrected chi connectivity index (χ2v) is 4.60. The second-order valence-electron chi connectivity index (χ2n) is 3.68. The highest BCUT2D eigenvalue weighted by molar-refractivity contribution is 9.10. The molecule has 0 fully saturated rings. The highest BCUT2D eigenvalue weighted by Crippen LogP contribution is 2.27. The minimum atomic E-state index is 0.200. The highest BCUT2D eigenvalue weighted by Gasteiger charge is 2.08. The third-order valence-corrected chi connectivity index (χ3v) is 2.94. The van der Waals surface area contributed by atoms with Crippen molar-refractivity contribution in [3.63, 3.8) is 0 Å². The molecule has 0 aliphatic carbocycles. The van der Waals surface area contributed by atoms with Crippen LogP contribution in [0.2, 0.25) is 0 Å². The van der Waals surface area contributed by atoms with Crippen molar-refractivity contribution in [2.45, 2.75) is 0 Å². The fourth-order valence-corrected chi connectivity index (χ4v) is 2.00. The molecule has 3 nitrogen and oxygen atoms in total. The number of phenolic OH excluding ortho intramolecular Hbond substituents is 1. The highest BCUT2D eigenvalue weighted by atomic mass is 79.9. The van der Waals surface area contributed by atoms with E-state index in [9.17, 15) is 5.11 Å². The van der Waals surface area contributed by atoms with Gasteiger partial charge in [0.05, 0.1) is 0 Å². The summed E-state index contributed by atoms with van der Waals surface area (Å²) in [7, 11) is 0. The van der Waals surface area contributed by atoms with Gasteiger partial charge in [0.1, 0.15) is 11.3 Å². The second kappa shape index (κ2) is 3.89. The average molecular weight is 290 g/mol. The average Bonchev–Trinajstić information content (AvgIpc) is 2.72. The van der Waals surface area contributed by atoms with Gasteiger partial charge in [-0.1, -0.05) is 22.0 Å². The monoisotopic (exact) mass is 289 g/mol. The zero-order valence-electron chi connectivity index (χ0n) is 8.72. The normalized spacial score (nSPS) is 10.9. The summed E-state index contributed by atoms with van der Waals surface area (Å²) in [4.78, 5) is 4.37. The van der Waals surface area contributed by atoms with Gasteiger partial charge in [0, 0.05) is 10.0 Å². The molecule has 2 aromatic carbocycles. The van der Waals surface area contributed by atoms with Crippen LogP contribution in [0.25, 0.3) is 22.6 Å². The molecule has 0 aliphatic heterocycles. The van der Waals surface area contributed by atoms with Crippen molar-refractivity contribution in [3.8, 4) is 17.2 Å². The molecule has 0 aliphatic rings. The van der Waals surface area contributed by atoms with Crippen LogP contribution in [0.1, 0.15) is 0 Å². The first-order chi connectivity index (χ1) is 8.22. The molecule has 3 aromatic rings. The van der Waals surface area contributed by atoms with E-state index >= 15 is 0 Å². The number of halogens is 1. The lowest BCUT2D eigenvalue weighted by Gasteiger charge is -1.95. The number of aromatic hydroxyl groups is 1. The largest absolute Gasteiger partial charge is 0.508 e. The number of phenols is 1. The molecule has 1 heterocycles. The summed E-state index contributed by atoms with van der Waals surface area (Å²) in [5.41, 5.74) is 2.28. The maximum Gasteiger partial charge on any atom is 0.227 e. The van der Waals surface area contributed by atoms with Gasteiger partial charge >= 0.3 is 0 Å². The molecule has 0 unspecified atom stereocenters. The molecule has 1 aromatic heterocycles. The third kappa shape index (κ3) is 1.91. The number of aromatic nitrogens is 1. The third-order valence-electron chi connectivity index (χ3n) is 2.44. The molecule has 0 saturated heterocycles. The molecule has 84 valence electrons. The van der Waals surface area contributed by atoms with Crippen molar-refractivity contribution in [2.75, 3.05) is 0 Å². The maximum absolute atomic E-state index is 9.42. The van der Waals surface area contributed by atoms with Gasteiger partial charge in [0.15, 0.2) is 5.58 Å². The van der Waals surface area contributed by atoms with Gasteiger partial charge in [-0.05, 0) is 36.4 Å². The maximum atomic E-state index is 9.42. The van der Waals surface area contributed by atoms with Gasteiger partial charge in [-0.3, -0.25) is 0 Å². The Hall–Kier alpha value is -1.81. The van der Waals surface area contributed by atoms with E-state index in [0.29, 0.717) is 5.89 Å². The van der Waals surface area contributed by atoms with E-state index in [-0.39, 0.29) is 5.75 Å². The van der Waals surface area contributed by atoms with Crippen molar-refractivity contribution in [1.29, 1.82) is 0 Å². The van der Waals surface area contributed by atoms with E-state index in [1.54, 1.807) is 18.2 Å². The first-order valence-corrected chi connectivity index (χ1v) is 5.87. The Labute approximate surface area is 106 Å². The zero-order valence-corrected chi connectivity index (χ0v) is 10.3. The van der Waals surface area contributed by atoms with Crippen LogP contribution in [-0.4, -0.2) is 10.1 Å². The number of rotatable bonds is 1. The molecule has 0 spiro atoms. The summed E-state index contributed by atoms with van der Waals surface area (Å²) >= 11 is 3.38. The van der Waals surface area contributed by atoms with E-state index in [1.165, 1.54) is 0 Å². The standard InChI is InChI=1S/C13H8BrNO2/c14-9-4-5-11-12(7-9)17-13(15-11)8-2-1-3-10(16)6-8/h1-7,16H. The molecule has 0 atom stereocenters. The lowest BCUT2D eigenvalue weighted by Crippen LogP contribution is -1.75. The molecule has 0 bridgehead atoms. The molecule has 17 heavy (non-hydrogen) atoms. The van der Waals surface area contributed by atoms with Crippen LogP contribution in [-0.2, 0) is 0 Å². The Morgan fingerprint density at radius 1 is 1.12 bits per heavy atom. The number of benzene rings is 2. The molecule has 4 heteroatoms. The number of hydrogen-bond donors (Lipinski definition) is 1. The smallest absolute Gasteiger partial charge is 0.227 e. The molecular formula is C13H8BrNO2. The SMILES string of the molecule is Oc1cccc(-c2nc3ccc(Br)cc3o2)c1. The van der Waals surface area contributed by atoms with Gasteiger partial charge in [0.2, 0.25) is 5.89 Å². The van der Waals surface area contributed by atoms with Crippen LogP contribution in [0.3, 0.4) is 0 Å². The molecule has 0 amide bonds. The van der Waals surface area contributed by atoms with E-state index < -0.39 is 0 Å². The molecule has 1 N–H and O–H groups in total. The minimum Gasteiger partial charge on any atom is -0.508 e. The van der Waals surface area contributed by atoms with Gasteiger partial charge in [-0.2, -0.15) is 0 Å². The topological polar surface area (TPSA) is 46.3 Å². The van der Waals surface area contributed by atoms with E-state index in [4.69, 9.17) is 4.42 Å². The Kier molecular flexibility index (Phi) is 2.37. The van der Waals surface area contributed by atoms with E-state index in [0.717, 1.165) is 21.1 Å². The van der Waals surface area contributed by atoms with Crippen molar-refractivity contribution in [3.05, 3.63) is 46.9 Å². The van der Waals surface area contributed by atoms with Gasteiger partial charge in [-0.25, -0.2) is 4.98 Å². The summed E-state index contributed by atoms with van der Waals surface area (Å²) in [5.74, 6) is 0.708. The molecular weight excluding hydrogens is 282 g/mol. The fourth-order valence-electron chi connectivity index (χ4n) is 1.66. The van der Waals surface area contributed by atoms with E-state index in [2.05, 4.69) is 20.9 Å². The van der Waals surface area contributed by atoms with Gasteiger partial charge in [-0.15, -0.1) is 0 Å².